The van der Waals surface area contributed by atoms with E-state index in [4.69, 9.17) is 11.6 Å². The van der Waals surface area contributed by atoms with E-state index in [0.29, 0.717) is 23.8 Å². The van der Waals surface area contributed by atoms with Gasteiger partial charge in [-0.3, -0.25) is 0 Å². The molecule has 0 atom stereocenters. The van der Waals surface area contributed by atoms with Crippen LogP contribution in [0, 0.1) is 17.8 Å². The SMILES string of the molecule is Fc1ccc(N2CCN(c3[c][nH]c4ccc(Cl)cc34)CC2)c(F)c1. The molecule has 0 saturated carbocycles. The van der Waals surface area contributed by atoms with Gasteiger partial charge in [-0.2, -0.15) is 0 Å². The third kappa shape index (κ3) is 2.69. The van der Waals surface area contributed by atoms with Gasteiger partial charge < -0.3 is 14.8 Å². The Balaban J connectivity index is 1.54. The number of aromatic nitrogens is 1. The second kappa shape index (κ2) is 5.98. The quantitative estimate of drug-likeness (QED) is 0.750. The van der Waals surface area contributed by atoms with Gasteiger partial charge in [-0.05, 0) is 30.3 Å². The number of nitrogens with zero attached hydrogens (tertiary/aromatic N) is 2. The molecule has 2 aromatic carbocycles. The summed E-state index contributed by atoms with van der Waals surface area (Å²) < 4.78 is 27.0. The predicted molar refractivity (Wildman–Crippen MR) is 92.9 cm³/mol. The van der Waals surface area contributed by atoms with Crippen LogP contribution in [0.3, 0.4) is 0 Å². The lowest BCUT2D eigenvalue weighted by Crippen LogP contribution is -2.46. The van der Waals surface area contributed by atoms with Crippen LogP contribution in [-0.4, -0.2) is 31.2 Å². The van der Waals surface area contributed by atoms with E-state index in [1.54, 1.807) is 0 Å². The third-order valence-electron chi connectivity index (χ3n) is 4.40. The van der Waals surface area contributed by atoms with Crippen molar-refractivity contribution in [3.63, 3.8) is 0 Å². The number of halogens is 3. The summed E-state index contributed by atoms with van der Waals surface area (Å²) in [7, 11) is 0. The molecule has 3 nitrogen and oxygen atoms in total. The molecule has 4 rings (SSSR count). The minimum absolute atomic E-state index is 0.446. The van der Waals surface area contributed by atoms with Gasteiger partial charge >= 0.3 is 0 Å². The molecule has 3 aromatic rings. The summed E-state index contributed by atoms with van der Waals surface area (Å²) in [6.45, 7) is 2.77. The fourth-order valence-corrected chi connectivity index (χ4v) is 3.35. The van der Waals surface area contributed by atoms with E-state index in [1.165, 1.54) is 12.1 Å². The molecule has 0 bridgehead atoms. The van der Waals surface area contributed by atoms with Gasteiger partial charge in [-0.25, -0.2) is 8.78 Å². The molecule has 6 heteroatoms. The van der Waals surface area contributed by atoms with Crippen molar-refractivity contribution in [3.8, 4) is 0 Å². The summed E-state index contributed by atoms with van der Waals surface area (Å²) in [5.41, 5.74) is 2.41. The lowest BCUT2D eigenvalue weighted by molar-refractivity contribution is 0.570. The van der Waals surface area contributed by atoms with Crippen molar-refractivity contribution in [2.45, 2.75) is 0 Å². The second-order valence-electron chi connectivity index (χ2n) is 5.86. The first-order chi connectivity index (χ1) is 11.6. The summed E-state index contributed by atoms with van der Waals surface area (Å²) in [4.78, 5) is 7.27. The smallest absolute Gasteiger partial charge is 0.149 e. The third-order valence-corrected chi connectivity index (χ3v) is 4.63. The maximum atomic E-state index is 13.9. The van der Waals surface area contributed by atoms with Crippen LogP contribution in [0.25, 0.3) is 10.9 Å². The topological polar surface area (TPSA) is 22.3 Å². The van der Waals surface area contributed by atoms with Crippen LogP contribution in [0.5, 0.6) is 0 Å². The zero-order chi connectivity index (χ0) is 16.7. The zero-order valence-electron chi connectivity index (χ0n) is 12.8. The second-order valence-corrected chi connectivity index (χ2v) is 6.29. The van der Waals surface area contributed by atoms with Crippen LogP contribution in [0.1, 0.15) is 0 Å². The van der Waals surface area contributed by atoms with Crippen LogP contribution in [0.15, 0.2) is 36.4 Å². The van der Waals surface area contributed by atoms with Crippen molar-refractivity contribution in [3.05, 3.63) is 59.3 Å². The molecule has 1 saturated heterocycles. The monoisotopic (exact) mass is 346 g/mol. The van der Waals surface area contributed by atoms with E-state index in [2.05, 4.69) is 16.1 Å². The van der Waals surface area contributed by atoms with E-state index >= 15 is 0 Å². The standard InChI is InChI=1S/C18H15ClF2N3/c19-12-1-3-16-14(9-12)18(11-22-16)24-7-5-23(6-8-24)17-4-2-13(20)10-15(17)21/h1-4,9-10,22H,5-8H2. The average Bonchev–Trinajstić information content (AvgIpc) is 2.98. The van der Waals surface area contributed by atoms with Crippen molar-refractivity contribution in [2.75, 3.05) is 36.0 Å². The van der Waals surface area contributed by atoms with Gasteiger partial charge in [0.15, 0.2) is 0 Å². The largest absolute Gasteiger partial charge is 0.366 e. The molecule has 123 valence electrons. The number of hydrogen-bond acceptors (Lipinski definition) is 2. The first kappa shape index (κ1) is 15.3. The van der Waals surface area contributed by atoms with Gasteiger partial charge in [-0.15, -0.1) is 0 Å². The number of hydrogen-bond donors (Lipinski definition) is 1. The van der Waals surface area contributed by atoms with Crippen LogP contribution >= 0.6 is 11.6 Å². The fourth-order valence-electron chi connectivity index (χ4n) is 3.17. The van der Waals surface area contributed by atoms with Gasteiger partial charge in [-0.1, -0.05) is 11.6 Å². The van der Waals surface area contributed by atoms with E-state index in [9.17, 15) is 8.78 Å². The predicted octanol–water partition coefficient (Wildman–Crippen LogP) is 4.23. The molecule has 1 fully saturated rings. The summed E-state index contributed by atoms with van der Waals surface area (Å²) in [5.74, 6) is -1.07. The van der Waals surface area contributed by atoms with Gasteiger partial charge in [0.1, 0.15) is 11.6 Å². The number of benzene rings is 2. The molecule has 0 spiro atoms. The van der Waals surface area contributed by atoms with Crippen LogP contribution in [0.2, 0.25) is 5.02 Å². The summed E-state index contributed by atoms with van der Waals surface area (Å²) in [6, 6.07) is 9.41. The normalized spacial score (nSPS) is 15.3. The molecule has 2 heterocycles. The molecular weight excluding hydrogens is 332 g/mol. The maximum absolute atomic E-state index is 13.9. The van der Waals surface area contributed by atoms with Gasteiger partial charge in [0.2, 0.25) is 0 Å². The van der Waals surface area contributed by atoms with Crippen LogP contribution < -0.4 is 9.80 Å². The highest BCUT2D eigenvalue weighted by molar-refractivity contribution is 6.31. The zero-order valence-corrected chi connectivity index (χ0v) is 13.6. The first-order valence-corrected chi connectivity index (χ1v) is 8.13. The number of piperazine rings is 1. The van der Waals surface area contributed by atoms with Crippen molar-refractivity contribution in [1.29, 1.82) is 0 Å². The number of H-pyrrole nitrogens is 1. The Morgan fingerprint density at radius 3 is 2.46 bits per heavy atom. The highest BCUT2D eigenvalue weighted by atomic mass is 35.5. The molecule has 1 aliphatic rings. The first-order valence-electron chi connectivity index (χ1n) is 7.76. The Morgan fingerprint density at radius 2 is 1.71 bits per heavy atom. The number of aromatic amines is 1. The molecule has 1 radical (unpaired) electrons. The lowest BCUT2D eigenvalue weighted by atomic mass is 10.2. The highest BCUT2D eigenvalue weighted by Gasteiger charge is 2.22. The van der Waals surface area contributed by atoms with E-state index in [0.717, 1.165) is 35.7 Å². The number of rotatable bonds is 2. The van der Waals surface area contributed by atoms with E-state index in [-0.39, 0.29) is 0 Å². The van der Waals surface area contributed by atoms with Crippen molar-refractivity contribution >= 4 is 33.9 Å². The minimum Gasteiger partial charge on any atom is -0.366 e. The Kier molecular flexibility index (Phi) is 3.81. The Bertz CT molecular complexity index is 885. The Labute approximate surface area is 143 Å². The Morgan fingerprint density at radius 1 is 0.958 bits per heavy atom. The molecule has 1 aromatic heterocycles. The molecule has 24 heavy (non-hydrogen) atoms. The van der Waals surface area contributed by atoms with Crippen molar-refractivity contribution in [2.24, 2.45) is 0 Å². The highest BCUT2D eigenvalue weighted by Crippen LogP contribution is 2.30. The number of fused-ring (bicyclic) bond motifs is 1. The number of nitrogens with one attached hydrogen (secondary N) is 1. The molecule has 0 unspecified atom stereocenters. The van der Waals surface area contributed by atoms with Gasteiger partial charge in [0.05, 0.1) is 17.6 Å². The molecular formula is C18H15ClF2N3. The van der Waals surface area contributed by atoms with Crippen molar-refractivity contribution < 1.29 is 8.78 Å². The Hall–Kier alpha value is -2.27. The number of anilines is 2. The lowest BCUT2D eigenvalue weighted by Gasteiger charge is -2.37. The van der Waals surface area contributed by atoms with Gasteiger partial charge in [0.25, 0.3) is 0 Å². The average molecular weight is 347 g/mol. The van der Waals surface area contributed by atoms with Crippen LogP contribution in [-0.2, 0) is 0 Å². The maximum Gasteiger partial charge on any atom is 0.149 e. The molecule has 0 amide bonds. The van der Waals surface area contributed by atoms with Crippen molar-refractivity contribution in [1.82, 2.24) is 4.98 Å². The van der Waals surface area contributed by atoms with Gasteiger partial charge in [0, 0.05) is 48.2 Å². The van der Waals surface area contributed by atoms with Crippen LogP contribution in [0.4, 0.5) is 20.2 Å². The minimum atomic E-state index is -0.555. The summed E-state index contributed by atoms with van der Waals surface area (Å²) >= 11 is 6.09. The molecule has 1 N–H and O–H groups in total. The summed E-state index contributed by atoms with van der Waals surface area (Å²) in [5, 5.41) is 1.72. The van der Waals surface area contributed by atoms with E-state index in [1.807, 2.05) is 23.1 Å². The molecule has 0 aliphatic carbocycles. The summed E-state index contributed by atoms with van der Waals surface area (Å²) in [6.07, 6.45) is 3.18. The van der Waals surface area contributed by atoms with E-state index < -0.39 is 11.6 Å². The fraction of sp³-hybridized carbons (Fsp3) is 0.222. The molecule has 1 aliphatic heterocycles.